The molecule has 0 aliphatic rings. The topological polar surface area (TPSA) is 147 Å². The number of nitrogens with two attached hydrogens (primary N) is 2. The van der Waals surface area contributed by atoms with Crippen LogP contribution in [0, 0.1) is 11.8 Å². The van der Waals surface area contributed by atoms with Gasteiger partial charge in [-0.3, -0.25) is 14.3 Å². The number of anilines is 1. The van der Waals surface area contributed by atoms with Crippen molar-refractivity contribution in [1.82, 2.24) is 24.4 Å². The Kier molecular flexibility index (Phi) is 7.11. The number of aryl methyl sites for hydroxylation is 2. The average molecular weight is 532 g/mol. The van der Waals surface area contributed by atoms with Crippen molar-refractivity contribution < 1.29 is 9.21 Å². The minimum atomic E-state index is -0.619. The van der Waals surface area contributed by atoms with E-state index in [0.717, 1.165) is 11.1 Å². The molecular weight excluding hydrogens is 506 g/mol. The van der Waals surface area contributed by atoms with Crippen LogP contribution < -0.4 is 16.9 Å². The maximum Gasteiger partial charge on any atom is 0.256 e. The van der Waals surface area contributed by atoms with Gasteiger partial charge in [0.1, 0.15) is 16.9 Å². The van der Waals surface area contributed by atoms with Crippen molar-refractivity contribution in [2.45, 2.75) is 13.3 Å². The summed E-state index contributed by atoms with van der Waals surface area (Å²) < 4.78 is 9.20. The fourth-order valence-corrected chi connectivity index (χ4v) is 4.30. The zero-order valence-corrected chi connectivity index (χ0v) is 21.8. The molecule has 0 spiro atoms. The molecule has 1 amide bonds. The molecule has 0 fully saturated rings. The summed E-state index contributed by atoms with van der Waals surface area (Å²) in [6.45, 7) is 1.99. The predicted molar refractivity (Wildman–Crippen MR) is 152 cm³/mol. The second kappa shape index (κ2) is 11.0. The number of benzene rings is 2. The Morgan fingerprint density at radius 3 is 2.58 bits per heavy atom. The molecule has 40 heavy (non-hydrogen) atoms. The first kappa shape index (κ1) is 25.9. The number of fused-ring (bicyclic) bond motifs is 2. The minimum Gasteiger partial charge on any atom is -0.460 e. The highest BCUT2D eigenvalue weighted by molar-refractivity contribution is 6.03. The Morgan fingerprint density at radius 1 is 1.07 bits per heavy atom. The number of nitrogens with zero attached hydrogens (tertiary/aromatic N) is 5. The molecular formula is C30H25N7O3. The summed E-state index contributed by atoms with van der Waals surface area (Å²) in [4.78, 5) is 28.3. The van der Waals surface area contributed by atoms with E-state index < -0.39 is 5.91 Å². The highest BCUT2D eigenvalue weighted by Crippen LogP contribution is 2.26. The average Bonchev–Trinajstić information content (AvgIpc) is 3.53. The first-order valence-electron chi connectivity index (χ1n) is 12.4. The number of hydrogen-bond donors (Lipinski definition) is 2. The van der Waals surface area contributed by atoms with E-state index in [2.05, 4.69) is 27.0 Å². The van der Waals surface area contributed by atoms with Gasteiger partial charge in [0.15, 0.2) is 11.5 Å². The van der Waals surface area contributed by atoms with Crippen LogP contribution in [0.5, 0.6) is 0 Å². The number of amides is 1. The molecule has 0 saturated carbocycles. The van der Waals surface area contributed by atoms with Gasteiger partial charge in [-0.15, -0.1) is 5.10 Å². The Hall–Kier alpha value is -5.69. The van der Waals surface area contributed by atoms with Gasteiger partial charge >= 0.3 is 0 Å². The second-order valence-corrected chi connectivity index (χ2v) is 8.79. The molecule has 0 aliphatic heterocycles. The summed E-state index contributed by atoms with van der Waals surface area (Å²) in [6.07, 6.45) is 7.37. The van der Waals surface area contributed by atoms with Crippen LogP contribution in [0.3, 0.4) is 0 Å². The number of primary amides is 1. The van der Waals surface area contributed by atoms with E-state index in [-0.39, 0.29) is 16.8 Å². The molecule has 10 heteroatoms. The lowest BCUT2D eigenvalue weighted by Gasteiger charge is -2.09. The van der Waals surface area contributed by atoms with Crippen molar-refractivity contribution in [3.05, 3.63) is 112 Å². The van der Waals surface area contributed by atoms with Crippen molar-refractivity contribution in [2.24, 2.45) is 12.8 Å². The molecule has 6 rings (SSSR count). The van der Waals surface area contributed by atoms with Gasteiger partial charge in [0.05, 0.1) is 22.7 Å². The predicted octanol–water partition coefficient (Wildman–Crippen LogP) is 3.57. The van der Waals surface area contributed by atoms with Crippen molar-refractivity contribution in [2.75, 3.05) is 5.73 Å². The molecule has 0 aliphatic carbocycles. The molecule has 0 atom stereocenters. The fourth-order valence-electron chi connectivity index (χ4n) is 4.30. The van der Waals surface area contributed by atoms with Gasteiger partial charge in [-0.05, 0) is 23.8 Å². The van der Waals surface area contributed by atoms with Crippen LogP contribution in [0.1, 0.15) is 34.2 Å². The maximum atomic E-state index is 13.4. The smallest absolute Gasteiger partial charge is 0.256 e. The minimum absolute atomic E-state index is 0.0459. The first-order chi connectivity index (χ1) is 19.4. The highest BCUT2D eigenvalue weighted by atomic mass is 16.3. The van der Waals surface area contributed by atoms with Gasteiger partial charge in [0, 0.05) is 37.6 Å². The molecule has 10 nitrogen and oxygen atoms in total. The van der Waals surface area contributed by atoms with Crippen molar-refractivity contribution in [3.63, 3.8) is 0 Å². The summed E-state index contributed by atoms with van der Waals surface area (Å²) in [5.74, 6) is 6.36. The Balaban J connectivity index is 0.000000207. The largest absolute Gasteiger partial charge is 0.460 e. The zero-order chi connectivity index (χ0) is 28.2. The highest BCUT2D eigenvalue weighted by Gasteiger charge is 2.17. The van der Waals surface area contributed by atoms with Crippen LogP contribution in [-0.4, -0.2) is 30.3 Å². The number of nitrogen functional groups attached to an aromatic ring is 1. The van der Waals surface area contributed by atoms with Crippen LogP contribution in [0.2, 0.25) is 0 Å². The van der Waals surface area contributed by atoms with Crippen molar-refractivity contribution >= 4 is 28.3 Å². The van der Waals surface area contributed by atoms with Crippen molar-refractivity contribution in [1.29, 1.82) is 0 Å². The molecule has 198 valence electrons. The number of carbonyl (C=O) groups excluding carboxylic acids is 1. The Bertz CT molecular complexity index is 1980. The summed E-state index contributed by atoms with van der Waals surface area (Å²) in [5, 5.41) is 8.50. The van der Waals surface area contributed by atoms with Gasteiger partial charge in [-0.25, -0.2) is 9.50 Å². The summed E-state index contributed by atoms with van der Waals surface area (Å²) >= 11 is 0. The van der Waals surface area contributed by atoms with Gasteiger partial charge in [-0.1, -0.05) is 55.2 Å². The quantitative estimate of drug-likeness (QED) is 0.332. The van der Waals surface area contributed by atoms with E-state index in [1.807, 2.05) is 68.7 Å². The lowest BCUT2D eigenvalue weighted by Crippen LogP contribution is -2.12. The van der Waals surface area contributed by atoms with E-state index >= 15 is 0 Å². The monoisotopic (exact) mass is 531 g/mol. The molecule has 4 N–H and O–H groups in total. The van der Waals surface area contributed by atoms with E-state index in [0.29, 0.717) is 39.9 Å². The molecule has 0 saturated heterocycles. The fraction of sp³-hybridized carbons (Fsp3) is 0.100. The standard InChI is InChI=1S/C23H18N2O2.C7H7N5O/c1-3-19-21(17-8-5-4-6-9-17)23(26)22-18(10-7-11-20(22)27-19)13-12-16-14-24-25(2)15-16;8-5-4(6(9)13)7-10-2-1-3-12(7)11-5/h4-11,14-15H,3H2,1-2H3;1-3H,(H2,8,11)(H2,9,13). The van der Waals surface area contributed by atoms with Gasteiger partial charge < -0.3 is 15.9 Å². The molecule has 6 aromatic rings. The van der Waals surface area contributed by atoms with E-state index in [1.165, 1.54) is 4.52 Å². The van der Waals surface area contributed by atoms with Crippen LogP contribution in [0.4, 0.5) is 5.82 Å². The first-order valence-corrected chi connectivity index (χ1v) is 12.4. The third-order valence-corrected chi connectivity index (χ3v) is 6.09. The van der Waals surface area contributed by atoms with E-state index in [1.54, 1.807) is 29.3 Å². The third kappa shape index (κ3) is 5.04. The zero-order valence-electron chi connectivity index (χ0n) is 21.8. The molecule has 0 radical (unpaired) electrons. The molecule has 0 unspecified atom stereocenters. The molecule has 4 aromatic heterocycles. The Morgan fingerprint density at radius 2 is 1.88 bits per heavy atom. The second-order valence-electron chi connectivity index (χ2n) is 8.79. The van der Waals surface area contributed by atoms with Crippen LogP contribution >= 0.6 is 0 Å². The number of rotatable bonds is 3. The van der Waals surface area contributed by atoms with Gasteiger partial charge in [0.2, 0.25) is 5.43 Å². The molecule has 2 aromatic carbocycles. The Labute approximate surface area is 228 Å². The van der Waals surface area contributed by atoms with Gasteiger partial charge in [-0.2, -0.15) is 5.10 Å². The number of aromatic nitrogens is 5. The summed E-state index contributed by atoms with van der Waals surface area (Å²) in [7, 11) is 1.84. The van der Waals surface area contributed by atoms with E-state index in [9.17, 15) is 9.59 Å². The summed E-state index contributed by atoms with van der Waals surface area (Å²) in [6, 6.07) is 16.9. The normalized spacial score (nSPS) is 10.6. The van der Waals surface area contributed by atoms with Crippen molar-refractivity contribution in [3.8, 4) is 23.0 Å². The van der Waals surface area contributed by atoms with Gasteiger partial charge in [0.25, 0.3) is 5.91 Å². The molecule has 4 heterocycles. The lowest BCUT2D eigenvalue weighted by molar-refractivity contribution is 0.100. The molecule has 0 bridgehead atoms. The number of hydrogen-bond acceptors (Lipinski definition) is 7. The lowest BCUT2D eigenvalue weighted by atomic mass is 9.99. The van der Waals surface area contributed by atoms with Crippen LogP contribution in [0.25, 0.3) is 27.7 Å². The van der Waals surface area contributed by atoms with E-state index in [4.69, 9.17) is 15.9 Å². The third-order valence-electron chi connectivity index (χ3n) is 6.09. The van der Waals surface area contributed by atoms with Crippen LogP contribution in [0.15, 0.2) is 88.6 Å². The SMILES string of the molecule is CCc1oc2cccc(C#Cc3cnn(C)c3)c2c(=O)c1-c1ccccc1.NC(=O)c1c(N)nn2cccnc12. The summed E-state index contributed by atoms with van der Waals surface area (Å²) in [5.41, 5.74) is 14.6. The number of carbonyl (C=O) groups is 1. The maximum absolute atomic E-state index is 13.4. The van der Waals surface area contributed by atoms with Crippen LogP contribution in [-0.2, 0) is 13.5 Å².